The van der Waals surface area contributed by atoms with Gasteiger partial charge in [-0.05, 0) is 45.3 Å². The number of halogens is 1. The maximum atomic E-state index is 12.3. The zero-order valence-corrected chi connectivity index (χ0v) is 14.0. The molecule has 23 heavy (non-hydrogen) atoms. The molecule has 0 fully saturated rings. The lowest BCUT2D eigenvalue weighted by molar-refractivity contribution is 0.0950. The summed E-state index contributed by atoms with van der Waals surface area (Å²) in [5.41, 5.74) is 2.86. The van der Waals surface area contributed by atoms with E-state index < -0.39 is 0 Å². The molecule has 0 saturated carbocycles. The summed E-state index contributed by atoms with van der Waals surface area (Å²) < 4.78 is 2.66. The van der Waals surface area contributed by atoms with Crippen molar-refractivity contribution >= 4 is 21.8 Å². The van der Waals surface area contributed by atoms with E-state index in [2.05, 4.69) is 32.4 Å². The van der Waals surface area contributed by atoms with Gasteiger partial charge in [-0.1, -0.05) is 36.4 Å². The minimum Gasteiger partial charge on any atom is -0.348 e. The fourth-order valence-electron chi connectivity index (χ4n) is 2.37. The van der Waals surface area contributed by atoms with Gasteiger partial charge in [-0.3, -0.25) is 9.48 Å². The lowest BCUT2D eigenvalue weighted by Crippen LogP contribution is -2.24. The van der Waals surface area contributed by atoms with Crippen molar-refractivity contribution in [3.8, 4) is 0 Å². The lowest BCUT2D eigenvalue weighted by atomic mass is 10.1. The van der Waals surface area contributed by atoms with Crippen LogP contribution >= 0.6 is 15.9 Å². The fourth-order valence-corrected chi connectivity index (χ4v) is 2.83. The normalized spacial score (nSPS) is 10.5. The Bertz CT molecular complexity index is 800. The van der Waals surface area contributed by atoms with Crippen LogP contribution in [0.4, 0.5) is 0 Å². The average Bonchev–Trinajstić information content (AvgIpc) is 3.07. The molecule has 0 aliphatic carbocycles. The smallest absolute Gasteiger partial charge is 0.252 e. The topological polar surface area (TPSA) is 46.9 Å². The monoisotopic (exact) mass is 369 g/mol. The SMILES string of the molecule is O=C(NCc1ccccc1Cn1cccn1)c1ccccc1Br. The molecule has 1 aromatic heterocycles. The molecule has 0 spiro atoms. The Balaban J connectivity index is 1.71. The molecular weight excluding hydrogens is 354 g/mol. The predicted molar refractivity (Wildman–Crippen MR) is 93.1 cm³/mol. The third-order valence-corrected chi connectivity index (χ3v) is 4.26. The third kappa shape index (κ3) is 3.87. The number of rotatable bonds is 5. The van der Waals surface area contributed by atoms with Crippen LogP contribution in [0.2, 0.25) is 0 Å². The second-order valence-electron chi connectivity index (χ2n) is 5.13. The highest BCUT2D eigenvalue weighted by atomic mass is 79.9. The fraction of sp³-hybridized carbons (Fsp3) is 0.111. The highest BCUT2D eigenvalue weighted by molar-refractivity contribution is 9.10. The molecule has 1 N–H and O–H groups in total. The zero-order valence-electron chi connectivity index (χ0n) is 12.4. The minimum atomic E-state index is -0.0913. The van der Waals surface area contributed by atoms with Gasteiger partial charge in [0.25, 0.3) is 5.91 Å². The van der Waals surface area contributed by atoms with Crippen LogP contribution in [0.25, 0.3) is 0 Å². The number of aromatic nitrogens is 2. The molecule has 0 bridgehead atoms. The Kier molecular flexibility index (Phi) is 4.88. The van der Waals surface area contributed by atoms with Gasteiger partial charge in [0.2, 0.25) is 0 Å². The molecule has 0 aliphatic rings. The average molecular weight is 370 g/mol. The van der Waals surface area contributed by atoms with Crippen LogP contribution in [0.5, 0.6) is 0 Å². The third-order valence-electron chi connectivity index (χ3n) is 3.57. The summed E-state index contributed by atoms with van der Waals surface area (Å²) in [4.78, 5) is 12.3. The molecule has 0 aliphatic heterocycles. The Hall–Kier alpha value is -2.40. The quantitative estimate of drug-likeness (QED) is 0.746. The summed E-state index contributed by atoms with van der Waals surface area (Å²) >= 11 is 3.40. The van der Waals surface area contributed by atoms with Gasteiger partial charge >= 0.3 is 0 Å². The van der Waals surface area contributed by atoms with Crippen molar-refractivity contribution in [1.82, 2.24) is 15.1 Å². The van der Waals surface area contributed by atoms with Crippen LogP contribution in [0.3, 0.4) is 0 Å². The summed E-state index contributed by atoms with van der Waals surface area (Å²) in [6, 6.07) is 17.4. The van der Waals surface area contributed by atoms with Crippen LogP contribution < -0.4 is 5.32 Å². The van der Waals surface area contributed by atoms with Crippen LogP contribution in [0, 0.1) is 0 Å². The second kappa shape index (κ2) is 7.24. The Morgan fingerprint density at radius 1 is 1.04 bits per heavy atom. The Morgan fingerprint density at radius 2 is 1.78 bits per heavy atom. The van der Waals surface area contributed by atoms with E-state index in [0.29, 0.717) is 18.7 Å². The largest absolute Gasteiger partial charge is 0.348 e. The van der Waals surface area contributed by atoms with Crippen LogP contribution in [-0.4, -0.2) is 15.7 Å². The number of nitrogens with one attached hydrogen (secondary N) is 1. The maximum absolute atomic E-state index is 12.3. The number of amides is 1. The molecule has 0 radical (unpaired) electrons. The molecule has 0 saturated heterocycles. The Morgan fingerprint density at radius 3 is 2.52 bits per heavy atom. The molecular formula is C18H16BrN3O. The number of hydrogen-bond donors (Lipinski definition) is 1. The van der Waals surface area contributed by atoms with Crippen molar-refractivity contribution in [2.75, 3.05) is 0 Å². The molecule has 0 atom stereocenters. The molecule has 1 heterocycles. The van der Waals surface area contributed by atoms with E-state index in [4.69, 9.17) is 0 Å². The lowest BCUT2D eigenvalue weighted by Gasteiger charge is -2.11. The van der Waals surface area contributed by atoms with Crippen LogP contribution in [-0.2, 0) is 13.1 Å². The molecule has 3 aromatic rings. The highest BCUT2D eigenvalue weighted by Gasteiger charge is 2.10. The summed E-state index contributed by atoms with van der Waals surface area (Å²) in [6.45, 7) is 1.17. The first-order chi connectivity index (χ1) is 11.2. The Labute approximate surface area is 143 Å². The molecule has 0 unspecified atom stereocenters. The number of nitrogens with zero attached hydrogens (tertiary/aromatic N) is 2. The van der Waals surface area contributed by atoms with Gasteiger partial charge in [0.1, 0.15) is 0 Å². The van der Waals surface area contributed by atoms with Crippen LogP contribution in [0.15, 0.2) is 71.5 Å². The van der Waals surface area contributed by atoms with Crippen LogP contribution in [0.1, 0.15) is 21.5 Å². The number of carbonyl (C=O) groups is 1. The van der Waals surface area contributed by atoms with Crippen molar-refractivity contribution in [3.05, 3.63) is 88.2 Å². The second-order valence-corrected chi connectivity index (χ2v) is 5.99. The molecule has 4 nitrogen and oxygen atoms in total. The van der Waals surface area contributed by atoms with Gasteiger partial charge in [-0.2, -0.15) is 5.10 Å². The standard InChI is InChI=1S/C18H16BrN3O/c19-17-9-4-3-8-16(17)18(23)20-12-14-6-1-2-7-15(14)13-22-11-5-10-21-22/h1-11H,12-13H2,(H,20,23). The van der Waals surface area contributed by atoms with Crippen molar-refractivity contribution in [2.45, 2.75) is 13.1 Å². The summed E-state index contributed by atoms with van der Waals surface area (Å²) in [5.74, 6) is -0.0913. The zero-order chi connectivity index (χ0) is 16.1. The maximum Gasteiger partial charge on any atom is 0.252 e. The highest BCUT2D eigenvalue weighted by Crippen LogP contribution is 2.16. The first-order valence-electron chi connectivity index (χ1n) is 7.31. The summed E-state index contributed by atoms with van der Waals surface area (Å²) in [6.07, 6.45) is 3.69. The van der Waals surface area contributed by atoms with Crippen molar-refractivity contribution in [3.63, 3.8) is 0 Å². The minimum absolute atomic E-state index is 0.0913. The van der Waals surface area contributed by atoms with E-state index in [1.54, 1.807) is 12.3 Å². The predicted octanol–water partition coefficient (Wildman–Crippen LogP) is 3.62. The van der Waals surface area contributed by atoms with Gasteiger partial charge in [0.15, 0.2) is 0 Å². The van der Waals surface area contributed by atoms with Gasteiger partial charge in [0, 0.05) is 23.4 Å². The number of carbonyl (C=O) groups excluding carboxylic acids is 1. The number of hydrogen-bond acceptors (Lipinski definition) is 2. The first-order valence-corrected chi connectivity index (χ1v) is 8.10. The van der Waals surface area contributed by atoms with Gasteiger partial charge < -0.3 is 5.32 Å². The van der Waals surface area contributed by atoms with E-state index in [0.717, 1.165) is 15.6 Å². The number of benzene rings is 2. The molecule has 3 rings (SSSR count). The summed E-state index contributed by atoms with van der Waals surface area (Å²) in [7, 11) is 0. The van der Waals surface area contributed by atoms with E-state index in [1.165, 1.54) is 0 Å². The van der Waals surface area contributed by atoms with Gasteiger partial charge in [-0.25, -0.2) is 0 Å². The van der Waals surface area contributed by atoms with E-state index in [-0.39, 0.29) is 5.91 Å². The molecule has 116 valence electrons. The van der Waals surface area contributed by atoms with E-state index >= 15 is 0 Å². The summed E-state index contributed by atoms with van der Waals surface area (Å²) in [5, 5.41) is 7.21. The first kappa shape index (κ1) is 15.5. The molecule has 5 heteroatoms. The molecule has 2 aromatic carbocycles. The van der Waals surface area contributed by atoms with E-state index in [9.17, 15) is 4.79 Å². The van der Waals surface area contributed by atoms with Gasteiger partial charge in [-0.15, -0.1) is 0 Å². The van der Waals surface area contributed by atoms with Crippen molar-refractivity contribution in [1.29, 1.82) is 0 Å². The van der Waals surface area contributed by atoms with Crippen molar-refractivity contribution in [2.24, 2.45) is 0 Å². The van der Waals surface area contributed by atoms with Gasteiger partial charge in [0.05, 0.1) is 12.1 Å². The van der Waals surface area contributed by atoms with Crippen molar-refractivity contribution < 1.29 is 4.79 Å². The molecule has 1 amide bonds. The van der Waals surface area contributed by atoms with E-state index in [1.807, 2.05) is 53.3 Å².